The minimum absolute atomic E-state index is 0.00942. The molecule has 618 valence electrons. The Morgan fingerprint density at radius 2 is 0.895 bits per heavy atom. The van der Waals surface area contributed by atoms with Crippen LogP contribution < -0.4 is 24.5 Å². The van der Waals surface area contributed by atoms with E-state index in [0.717, 1.165) is 133 Å². The average Bonchev–Trinajstić information content (AvgIpc) is 0.800. The van der Waals surface area contributed by atoms with E-state index < -0.39 is 0 Å². The van der Waals surface area contributed by atoms with Gasteiger partial charge < -0.3 is 33.4 Å². The fourth-order valence-electron chi connectivity index (χ4n) is 10.8. The lowest BCUT2D eigenvalue weighted by atomic mass is 9.85. The number of nitrogens with one attached hydrogen (secondary N) is 1. The summed E-state index contributed by atoms with van der Waals surface area (Å²) in [4.78, 5) is 131. The number of aldehydes is 8. The minimum atomic E-state index is -0.241. The molecule has 0 amide bonds. The van der Waals surface area contributed by atoms with Gasteiger partial charge in [-0.15, -0.1) is 0 Å². The van der Waals surface area contributed by atoms with Gasteiger partial charge in [-0.25, -0.2) is 15.0 Å². The Bertz CT molecular complexity index is 4470. The van der Waals surface area contributed by atoms with Crippen LogP contribution in [0.3, 0.4) is 0 Å². The van der Waals surface area contributed by atoms with Crippen molar-refractivity contribution in [1.82, 2.24) is 44.8 Å². The highest BCUT2D eigenvalue weighted by atomic mass is 35.5. The van der Waals surface area contributed by atoms with E-state index in [4.69, 9.17) is 40.0 Å². The Labute approximate surface area is 679 Å². The number of aromatic amines is 1. The van der Waals surface area contributed by atoms with Crippen LogP contribution in [0.15, 0.2) is 109 Å². The molecule has 8 aromatic heterocycles. The summed E-state index contributed by atoms with van der Waals surface area (Å²) >= 11 is 5.84. The molecule has 0 saturated carbocycles. The van der Waals surface area contributed by atoms with Gasteiger partial charge in [-0.2, -0.15) is 0 Å². The van der Waals surface area contributed by atoms with E-state index in [1.165, 1.54) is 26.5 Å². The number of hydrogen-bond acceptors (Lipinski definition) is 23. The molecular weight excluding hydrogens is 1470 g/mol. The smallest absolute Gasteiger partial charge is 0.248 e. The van der Waals surface area contributed by atoms with Crippen LogP contribution in [0.4, 0.5) is 0 Å². The first-order valence-electron chi connectivity index (χ1n) is 37.2. The van der Waals surface area contributed by atoms with E-state index in [0.29, 0.717) is 93.0 Å². The summed E-state index contributed by atoms with van der Waals surface area (Å²) in [6, 6.07) is 14.1. The van der Waals surface area contributed by atoms with Gasteiger partial charge in [0.2, 0.25) is 23.2 Å². The predicted octanol–water partition coefficient (Wildman–Crippen LogP) is 16.6. The Morgan fingerprint density at radius 1 is 0.447 bits per heavy atom. The number of pyridine rings is 8. The first-order valence-corrected chi connectivity index (χ1v) is 37.6. The quantitative estimate of drug-likeness (QED) is 0.0616. The van der Waals surface area contributed by atoms with Crippen LogP contribution in [-0.2, 0) is 47.4 Å². The first kappa shape index (κ1) is 99.8. The van der Waals surface area contributed by atoms with Gasteiger partial charge in [0.25, 0.3) is 0 Å². The summed E-state index contributed by atoms with van der Waals surface area (Å²) in [5.74, 6) is 1.97. The zero-order valence-electron chi connectivity index (χ0n) is 71.7. The van der Waals surface area contributed by atoms with Gasteiger partial charge in [0.05, 0.1) is 50.8 Å². The van der Waals surface area contributed by atoms with Gasteiger partial charge in [0.1, 0.15) is 30.4 Å². The topological polar surface area (TPSA) is 318 Å². The molecule has 0 aliphatic carbocycles. The molecule has 1 aliphatic rings. The van der Waals surface area contributed by atoms with Gasteiger partial charge in [-0.3, -0.25) is 68.0 Å². The summed E-state index contributed by atoms with van der Waals surface area (Å²) in [5, 5.41) is 0.419. The third kappa shape index (κ3) is 33.8. The molecule has 1 saturated heterocycles. The average molecular weight is 1590 g/mol. The monoisotopic (exact) mass is 1590 g/mol. The van der Waals surface area contributed by atoms with Gasteiger partial charge in [-0.1, -0.05) is 169 Å². The van der Waals surface area contributed by atoms with Crippen LogP contribution >= 0.6 is 11.6 Å². The Morgan fingerprint density at radius 3 is 1.34 bits per heavy atom. The molecule has 1 fully saturated rings. The fourth-order valence-corrected chi connectivity index (χ4v) is 11.0. The van der Waals surface area contributed by atoms with E-state index in [-0.39, 0.29) is 43.5 Å². The summed E-state index contributed by atoms with van der Waals surface area (Å²) in [6.45, 7) is 52.5. The summed E-state index contributed by atoms with van der Waals surface area (Å²) < 4.78 is 31.1. The molecule has 0 radical (unpaired) electrons. The van der Waals surface area contributed by atoms with Crippen molar-refractivity contribution in [2.75, 3.05) is 74.0 Å². The lowest BCUT2D eigenvalue weighted by molar-refractivity contribution is 0.0320. The number of hydrogen-bond donors (Lipinski definition) is 1. The molecule has 9 heterocycles. The number of ether oxygens (including phenoxy) is 6. The molecule has 114 heavy (non-hydrogen) atoms. The number of carbonyl (C=O) groups excluding carboxylic acids is 8. The molecule has 0 bridgehead atoms. The standard InChI is InChI=1S/C16H24N2O3.2C11H15NO2.C11H15NO.C10H12ClNO.C10H13NO3.C10H13NO2.C10H13NO/c1-16(2,3)14-11-17-15(10-13(14)12-19)21-9-6-18-4-7-20-8-5-18;1-11(2,3)9-5-12-6-10(14-4)8(9)7-13;1-11(2,3)9-6-12-10(14-4)5-8(9)7-13;1-8-5-6-9(11(2,3)4)10(7-13)12-8;1-10(2,3)8-4-12-5-9(11)7(8)6-13;1-8-6-11-10(5-9(8)7-12)14-4-3-13-2;1-10(2,3)8-5-11-9(13)4-7(8)6-12;1-10(2,3)8-5-4-6-11-9(8)7-12/h10-12H,4-9H2,1-3H3;2*5-7H,1-4H3;5-7H,1-4H3;4-6H,1-3H3;5-7H,3-4H2,1-2H3;4-6H,1-3H3,(H,11,13);4-7H,1-3H3. The lowest BCUT2D eigenvalue weighted by Crippen LogP contribution is -2.38. The van der Waals surface area contributed by atoms with Gasteiger partial charge in [-0.05, 0) is 108 Å². The number of aryl methyl sites for hydroxylation is 2. The van der Waals surface area contributed by atoms with Gasteiger partial charge in [0, 0.05) is 134 Å². The summed E-state index contributed by atoms with van der Waals surface area (Å²) in [7, 11) is 4.67. The number of methoxy groups -OCH3 is 3. The van der Waals surface area contributed by atoms with Crippen molar-refractivity contribution in [2.45, 2.75) is 197 Å². The highest BCUT2D eigenvalue weighted by Gasteiger charge is 2.25. The maximum Gasteiger partial charge on any atom is 0.248 e. The highest BCUT2D eigenvalue weighted by Crippen LogP contribution is 2.33. The third-order valence-corrected chi connectivity index (χ3v) is 17.3. The molecule has 25 heteroatoms. The normalized spacial score (nSPS) is 12.1. The van der Waals surface area contributed by atoms with Crippen molar-refractivity contribution in [3.63, 3.8) is 0 Å². The molecular formula is C89H120ClN9O15. The highest BCUT2D eigenvalue weighted by molar-refractivity contribution is 6.33. The fraction of sp³-hybridized carbons (Fsp3) is 0.461. The lowest BCUT2D eigenvalue weighted by Gasteiger charge is -2.26. The zero-order valence-corrected chi connectivity index (χ0v) is 72.4. The third-order valence-electron chi connectivity index (χ3n) is 17.0. The first-order chi connectivity index (χ1) is 53.2. The van der Waals surface area contributed by atoms with Crippen molar-refractivity contribution in [3.8, 4) is 23.4 Å². The maximum atomic E-state index is 11.2. The second kappa shape index (κ2) is 46.8. The van der Waals surface area contributed by atoms with Crippen LogP contribution in [0.1, 0.15) is 279 Å². The van der Waals surface area contributed by atoms with Crippen LogP contribution in [0.2, 0.25) is 5.02 Å². The number of aromatic nitrogens is 8. The van der Waals surface area contributed by atoms with Crippen molar-refractivity contribution in [2.24, 2.45) is 0 Å². The van der Waals surface area contributed by atoms with Crippen molar-refractivity contribution in [3.05, 3.63) is 215 Å². The predicted molar refractivity (Wildman–Crippen MR) is 448 cm³/mol. The number of nitrogens with zero attached hydrogens (tertiary/aromatic N) is 8. The Balaban J connectivity index is 0.000000445. The van der Waals surface area contributed by atoms with E-state index in [2.05, 4.69) is 107 Å². The Kier molecular flexibility index (Phi) is 41.0. The maximum absolute atomic E-state index is 11.2. The molecule has 0 atom stereocenters. The molecule has 0 spiro atoms. The van der Waals surface area contributed by atoms with E-state index in [1.54, 1.807) is 74.9 Å². The second-order valence-electron chi connectivity index (χ2n) is 33.5. The van der Waals surface area contributed by atoms with E-state index >= 15 is 0 Å². The molecule has 9 rings (SSSR count). The number of rotatable bonds is 18. The molecule has 8 aromatic rings. The largest absolute Gasteiger partial charge is 0.494 e. The number of halogens is 1. The van der Waals surface area contributed by atoms with Crippen LogP contribution in [0.5, 0.6) is 23.4 Å². The second-order valence-corrected chi connectivity index (χ2v) is 33.9. The van der Waals surface area contributed by atoms with Gasteiger partial charge in [0.15, 0.2) is 50.3 Å². The van der Waals surface area contributed by atoms with Crippen molar-refractivity contribution >= 4 is 61.9 Å². The SMILES string of the molecule is CC(C)(C)c1c[nH]c(=O)cc1C=O.CC(C)(C)c1cccnc1C=O.CC(C)(C)c1cnc(OCCN2CCOCC2)cc1C=O.CC(C)(C)c1cncc(Cl)c1C=O.COCCOc1cc(C=O)c(C)cn1.COc1cc(C=O)c(C(C)(C)C)cn1.COc1cncc(C(C)(C)C)c1C=O.Cc1ccc(C(C)(C)C)c(C=O)n1. The van der Waals surface area contributed by atoms with Crippen LogP contribution in [0.25, 0.3) is 0 Å². The summed E-state index contributed by atoms with van der Waals surface area (Å²) in [6.07, 6.45) is 21.2. The van der Waals surface area contributed by atoms with Crippen molar-refractivity contribution in [1.29, 1.82) is 0 Å². The zero-order chi connectivity index (χ0) is 86.6. The summed E-state index contributed by atoms with van der Waals surface area (Å²) in [5.41, 5.74) is 12.1. The van der Waals surface area contributed by atoms with Crippen molar-refractivity contribution < 1.29 is 66.8 Å². The molecule has 1 aliphatic heterocycles. The molecule has 0 unspecified atom stereocenters. The molecule has 24 nitrogen and oxygen atoms in total. The Hall–Kier alpha value is -10.3. The number of carbonyl (C=O) groups is 8. The molecule has 0 aromatic carbocycles. The van der Waals surface area contributed by atoms with E-state index in [1.807, 2.05) is 121 Å². The van der Waals surface area contributed by atoms with E-state index in [9.17, 15) is 43.2 Å². The number of morpholine rings is 1. The molecule has 1 N–H and O–H groups in total. The minimum Gasteiger partial charge on any atom is -0.494 e. The van der Waals surface area contributed by atoms with Crippen LogP contribution in [0, 0.1) is 13.8 Å². The number of H-pyrrole nitrogens is 1. The van der Waals surface area contributed by atoms with Gasteiger partial charge >= 0.3 is 0 Å². The van der Waals surface area contributed by atoms with Crippen LogP contribution in [-0.4, -0.2) is 169 Å².